The third-order valence-corrected chi connectivity index (χ3v) is 2.93. The van der Waals surface area contributed by atoms with Gasteiger partial charge in [-0.05, 0) is 39.7 Å². The van der Waals surface area contributed by atoms with Gasteiger partial charge in [0.2, 0.25) is 0 Å². The lowest BCUT2D eigenvalue weighted by Gasteiger charge is -2.06. The molecule has 0 unspecified atom stereocenters. The Labute approximate surface area is 107 Å². The van der Waals surface area contributed by atoms with Gasteiger partial charge in [0.05, 0.1) is 6.54 Å². The molecule has 2 rings (SSSR count). The molecular weight excluding hydrogens is 289 g/mol. The zero-order valence-electron chi connectivity index (χ0n) is 8.36. The fourth-order valence-electron chi connectivity index (χ4n) is 1.41. The number of hydrogen-bond donors (Lipinski definition) is 0. The van der Waals surface area contributed by atoms with Gasteiger partial charge in [0, 0.05) is 21.8 Å². The molecule has 0 fully saturated rings. The van der Waals surface area contributed by atoms with Crippen molar-refractivity contribution in [2.45, 2.75) is 6.54 Å². The average molecular weight is 299 g/mol. The summed E-state index contributed by atoms with van der Waals surface area (Å²) in [5.41, 5.74) is 1.03. The number of benzene rings is 1. The normalized spacial score (nSPS) is 10.4. The van der Waals surface area contributed by atoms with Gasteiger partial charge < -0.3 is 4.57 Å². The summed E-state index contributed by atoms with van der Waals surface area (Å²) in [6.07, 6.45) is 1.77. The second-order valence-electron chi connectivity index (χ2n) is 3.44. The molecule has 0 atom stereocenters. The maximum Gasteiger partial charge on any atom is 0.250 e. The minimum absolute atomic E-state index is 0.0156. The maximum atomic E-state index is 11.6. The number of rotatable bonds is 2. The zero-order chi connectivity index (χ0) is 11.5. The van der Waals surface area contributed by atoms with Crippen LogP contribution in [-0.4, -0.2) is 4.57 Å². The fraction of sp³-hybridized carbons (Fsp3) is 0.0833. The van der Waals surface area contributed by atoms with Crippen LogP contribution in [-0.2, 0) is 6.54 Å². The van der Waals surface area contributed by atoms with Crippen LogP contribution in [0, 0.1) is 0 Å². The predicted octanol–water partition coefficient (Wildman–Crippen LogP) is 3.31. The van der Waals surface area contributed by atoms with Gasteiger partial charge in [-0.2, -0.15) is 0 Å². The maximum absolute atomic E-state index is 11.6. The van der Waals surface area contributed by atoms with Crippen molar-refractivity contribution in [1.82, 2.24) is 4.57 Å². The van der Waals surface area contributed by atoms with E-state index in [-0.39, 0.29) is 5.56 Å². The monoisotopic (exact) mass is 297 g/mol. The van der Waals surface area contributed by atoms with E-state index in [4.69, 9.17) is 11.6 Å². The first kappa shape index (κ1) is 11.4. The molecule has 0 N–H and O–H groups in total. The van der Waals surface area contributed by atoms with Crippen LogP contribution in [0.1, 0.15) is 5.56 Å². The highest BCUT2D eigenvalue weighted by atomic mass is 79.9. The quantitative estimate of drug-likeness (QED) is 0.834. The van der Waals surface area contributed by atoms with Crippen LogP contribution in [0.4, 0.5) is 0 Å². The number of nitrogens with zero attached hydrogens (tertiary/aromatic N) is 1. The SMILES string of the molecule is O=c1ccc(Br)cn1Cc1ccc(Cl)cc1. The Balaban J connectivity index is 2.30. The van der Waals surface area contributed by atoms with Gasteiger partial charge in [-0.15, -0.1) is 0 Å². The minimum atomic E-state index is -0.0156. The predicted molar refractivity (Wildman–Crippen MR) is 69.0 cm³/mol. The van der Waals surface area contributed by atoms with Gasteiger partial charge >= 0.3 is 0 Å². The lowest BCUT2D eigenvalue weighted by molar-refractivity contribution is 0.756. The summed E-state index contributed by atoms with van der Waals surface area (Å²) in [7, 11) is 0. The van der Waals surface area contributed by atoms with Crippen LogP contribution in [0.2, 0.25) is 5.02 Å². The first-order chi connectivity index (χ1) is 7.65. The Hall–Kier alpha value is -1.06. The Morgan fingerprint density at radius 2 is 1.81 bits per heavy atom. The van der Waals surface area contributed by atoms with Crippen molar-refractivity contribution < 1.29 is 0 Å². The Morgan fingerprint density at radius 1 is 1.12 bits per heavy atom. The molecule has 0 aliphatic carbocycles. The van der Waals surface area contributed by atoms with E-state index in [0.29, 0.717) is 11.6 Å². The summed E-state index contributed by atoms with van der Waals surface area (Å²) in [5, 5.41) is 0.699. The molecule has 2 nitrogen and oxygen atoms in total. The highest BCUT2D eigenvalue weighted by Gasteiger charge is 1.98. The van der Waals surface area contributed by atoms with Crippen molar-refractivity contribution in [2.75, 3.05) is 0 Å². The van der Waals surface area contributed by atoms with Gasteiger partial charge in [-0.3, -0.25) is 4.79 Å². The molecule has 0 saturated carbocycles. The molecule has 1 aromatic heterocycles. The molecule has 2 aromatic rings. The van der Waals surface area contributed by atoms with Gasteiger partial charge in [0.1, 0.15) is 0 Å². The van der Waals surface area contributed by atoms with Crippen LogP contribution in [0.5, 0.6) is 0 Å². The summed E-state index contributed by atoms with van der Waals surface area (Å²) in [6, 6.07) is 10.7. The van der Waals surface area contributed by atoms with Crippen LogP contribution < -0.4 is 5.56 Å². The molecule has 82 valence electrons. The third-order valence-electron chi connectivity index (χ3n) is 2.21. The second kappa shape index (κ2) is 4.85. The van der Waals surface area contributed by atoms with E-state index in [0.717, 1.165) is 10.0 Å². The first-order valence-corrected chi connectivity index (χ1v) is 5.93. The van der Waals surface area contributed by atoms with E-state index in [1.165, 1.54) is 0 Å². The third kappa shape index (κ3) is 2.74. The minimum Gasteiger partial charge on any atom is -0.310 e. The van der Waals surface area contributed by atoms with Crippen molar-refractivity contribution in [1.29, 1.82) is 0 Å². The summed E-state index contributed by atoms with van der Waals surface area (Å²) in [6.45, 7) is 0.551. The summed E-state index contributed by atoms with van der Waals surface area (Å²) in [4.78, 5) is 11.6. The molecule has 1 heterocycles. The first-order valence-electron chi connectivity index (χ1n) is 4.75. The lowest BCUT2D eigenvalue weighted by Crippen LogP contribution is -2.18. The molecule has 0 spiro atoms. The van der Waals surface area contributed by atoms with E-state index in [1.807, 2.05) is 24.3 Å². The van der Waals surface area contributed by atoms with Gasteiger partial charge in [-0.1, -0.05) is 23.7 Å². The standard InChI is InChI=1S/C12H9BrClNO/c13-10-3-6-12(16)15(8-10)7-9-1-4-11(14)5-2-9/h1-6,8H,7H2. The smallest absolute Gasteiger partial charge is 0.250 e. The van der Waals surface area contributed by atoms with Crippen molar-refractivity contribution >= 4 is 27.5 Å². The largest absolute Gasteiger partial charge is 0.310 e. The van der Waals surface area contributed by atoms with Gasteiger partial charge in [-0.25, -0.2) is 0 Å². The molecule has 0 bridgehead atoms. The highest BCUT2D eigenvalue weighted by molar-refractivity contribution is 9.10. The fourth-order valence-corrected chi connectivity index (χ4v) is 1.92. The summed E-state index contributed by atoms with van der Waals surface area (Å²) in [5.74, 6) is 0. The molecule has 4 heteroatoms. The van der Waals surface area contributed by atoms with Crippen molar-refractivity contribution in [3.8, 4) is 0 Å². The zero-order valence-corrected chi connectivity index (χ0v) is 10.7. The van der Waals surface area contributed by atoms with Crippen molar-refractivity contribution in [3.63, 3.8) is 0 Å². The molecule has 1 aromatic carbocycles. The van der Waals surface area contributed by atoms with Crippen LogP contribution in [0.15, 0.2) is 51.9 Å². The number of aromatic nitrogens is 1. The Bertz CT molecular complexity index is 548. The van der Waals surface area contributed by atoms with E-state index in [1.54, 1.807) is 22.9 Å². The Morgan fingerprint density at radius 3 is 2.50 bits per heavy atom. The highest BCUT2D eigenvalue weighted by Crippen LogP contribution is 2.11. The van der Waals surface area contributed by atoms with E-state index in [2.05, 4.69) is 15.9 Å². The topological polar surface area (TPSA) is 22.0 Å². The van der Waals surface area contributed by atoms with Crippen LogP contribution in [0.3, 0.4) is 0 Å². The van der Waals surface area contributed by atoms with E-state index < -0.39 is 0 Å². The molecule has 0 aliphatic rings. The molecule has 0 saturated heterocycles. The summed E-state index contributed by atoms with van der Waals surface area (Å²) < 4.78 is 2.54. The number of halogens is 2. The van der Waals surface area contributed by atoms with Gasteiger partial charge in [0.25, 0.3) is 5.56 Å². The number of hydrogen-bond acceptors (Lipinski definition) is 1. The molecule has 0 amide bonds. The molecule has 0 aliphatic heterocycles. The van der Waals surface area contributed by atoms with E-state index in [9.17, 15) is 4.79 Å². The van der Waals surface area contributed by atoms with Crippen molar-refractivity contribution in [2.24, 2.45) is 0 Å². The lowest BCUT2D eigenvalue weighted by atomic mass is 10.2. The Kier molecular flexibility index (Phi) is 3.46. The second-order valence-corrected chi connectivity index (χ2v) is 4.79. The molecule has 16 heavy (non-hydrogen) atoms. The van der Waals surface area contributed by atoms with Gasteiger partial charge in [0.15, 0.2) is 0 Å². The molecule has 0 radical (unpaired) electrons. The van der Waals surface area contributed by atoms with E-state index >= 15 is 0 Å². The summed E-state index contributed by atoms with van der Waals surface area (Å²) >= 11 is 9.14. The van der Waals surface area contributed by atoms with Crippen molar-refractivity contribution in [3.05, 3.63) is 68.0 Å². The van der Waals surface area contributed by atoms with Crippen LogP contribution >= 0.6 is 27.5 Å². The molecular formula is C12H9BrClNO. The van der Waals surface area contributed by atoms with Crippen LogP contribution in [0.25, 0.3) is 0 Å². The average Bonchev–Trinajstić information content (AvgIpc) is 2.27. The number of pyridine rings is 1.